The van der Waals surface area contributed by atoms with Gasteiger partial charge in [-0.05, 0) is 30.2 Å². The Morgan fingerprint density at radius 2 is 1.81 bits per heavy atom. The lowest BCUT2D eigenvalue weighted by Crippen LogP contribution is -2.30. The zero-order valence-electron chi connectivity index (χ0n) is 10.7. The molecular formula is C13H13Cl3N2O3. The fraction of sp³-hybridized carbons (Fsp3) is 0.462. The summed E-state index contributed by atoms with van der Waals surface area (Å²) in [5.74, 6) is -0.402. The van der Waals surface area contributed by atoms with Crippen LogP contribution in [-0.4, -0.2) is 43.7 Å². The Hall–Kier alpha value is -0.560. The summed E-state index contributed by atoms with van der Waals surface area (Å²) in [4.78, 5) is 4.20. The second-order valence-electron chi connectivity index (χ2n) is 5.23. The number of benzene rings is 1. The predicted molar refractivity (Wildman–Crippen MR) is 81.0 cm³/mol. The zero-order chi connectivity index (χ0) is 15.3. The van der Waals surface area contributed by atoms with Crippen LogP contribution in [0.4, 0.5) is 0 Å². The molecule has 0 bridgehead atoms. The quantitative estimate of drug-likeness (QED) is 0.775. The molecule has 3 rings (SSSR count). The van der Waals surface area contributed by atoms with Crippen molar-refractivity contribution in [2.45, 2.75) is 24.7 Å². The highest BCUT2D eigenvalue weighted by atomic mass is 35.5. The Bertz CT molecular complexity index is 691. The monoisotopic (exact) mass is 350 g/mol. The minimum absolute atomic E-state index is 0.179. The third kappa shape index (κ3) is 2.42. The molecule has 114 valence electrons. The maximum Gasteiger partial charge on any atom is 0.204 e. The van der Waals surface area contributed by atoms with E-state index in [4.69, 9.17) is 34.8 Å². The summed E-state index contributed by atoms with van der Waals surface area (Å²) in [5.41, 5.74) is 1.19. The summed E-state index contributed by atoms with van der Waals surface area (Å²) in [6.45, 7) is -0.203. The highest BCUT2D eigenvalue weighted by Crippen LogP contribution is 2.40. The van der Waals surface area contributed by atoms with Gasteiger partial charge in [0.05, 0.1) is 33.2 Å². The van der Waals surface area contributed by atoms with Gasteiger partial charge in [-0.2, -0.15) is 0 Å². The van der Waals surface area contributed by atoms with Crippen LogP contribution in [0.3, 0.4) is 0 Å². The molecule has 1 aromatic heterocycles. The fourth-order valence-corrected chi connectivity index (χ4v) is 3.54. The van der Waals surface area contributed by atoms with Gasteiger partial charge in [0.1, 0.15) is 6.10 Å². The van der Waals surface area contributed by atoms with Crippen molar-refractivity contribution in [3.63, 3.8) is 0 Å². The normalized spacial score (nSPS) is 29.4. The van der Waals surface area contributed by atoms with E-state index in [1.807, 2.05) is 0 Å². The lowest BCUT2D eigenvalue weighted by atomic mass is 10.1. The molecule has 0 unspecified atom stereocenters. The van der Waals surface area contributed by atoms with E-state index in [2.05, 4.69) is 4.98 Å². The SMILES string of the molecule is OC[C@@H]1C[C@H](n2c(Cl)nc3cc(Cl)c(Cl)cc32)[C@@H](O)[C@H]1O. The molecule has 0 radical (unpaired) electrons. The molecule has 1 aliphatic carbocycles. The van der Waals surface area contributed by atoms with Gasteiger partial charge in [-0.1, -0.05) is 23.2 Å². The highest BCUT2D eigenvalue weighted by molar-refractivity contribution is 6.42. The molecule has 0 spiro atoms. The molecule has 8 heteroatoms. The van der Waals surface area contributed by atoms with Crippen molar-refractivity contribution in [3.8, 4) is 0 Å². The molecule has 1 aliphatic rings. The summed E-state index contributed by atoms with van der Waals surface area (Å²) >= 11 is 18.2. The van der Waals surface area contributed by atoms with Crippen LogP contribution in [0.5, 0.6) is 0 Å². The van der Waals surface area contributed by atoms with E-state index >= 15 is 0 Å². The lowest BCUT2D eigenvalue weighted by Gasteiger charge is -2.19. The number of hydrogen-bond donors (Lipinski definition) is 3. The number of fused-ring (bicyclic) bond motifs is 1. The molecular weight excluding hydrogens is 339 g/mol. The number of imidazole rings is 1. The molecule has 5 nitrogen and oxygen atoms in total. The smallest absolute Gasteiger partial charge is 0.204 e. The maximum atomic E-state index is 10.2. The van der Waals surface area contributed by atoms with Crippen LogP contribution in [0, 0.1) is 5.92 Å². The van der Waals surface area contributed by atoms with Crippen LogP contribution in [0.1, 0.15) is 12.5 Å². The topological polar surface area (TPSA) is 78.5 Å². The summed E-state index contributed by atoms with van der Waals surface area (Å²) < 4.78 is 1.63. The van der Waals surface area contributed by atoms with Crippen LogP contribution in [-0.2, 0) is 0 Å². The van der Waals surface area contributed by atoms with Crippen molar-refractivity contribution in [2.75, 3.05) is 6.61 Å². The molecule has 3 N–H and O–H groups in total. The fourth-order valence-electron chi connectivity index (χ4n) is 2.91. The first-order valence-corrected chi connectivity index (χ1v) is 7.57. The summed E-state index contributed by atoms with van der Waals surface area (Å²) in [5, 5.41) is 30.3. The van der Waals surface area contributed by atoms with E-state index in [1.165, 1.54) is 0 Å². The Kier molecular flexibility index (Phi) is 4.07. The molecule has 1 aromatic carbocycles. The van der Waals surface area contributed by atoms with Gasteiger partial charge in [0.25, 0.3) is 0 Å². The first-order valence-electron chi connectivity index (χ1n) is 6.43. The van der Waals surface area contributed by atoms with Crippen molar-refractivity contribution >= 4 is 45.8 Å². The van der Waals surface area contributed by atoms with Crippen molar-refractivity contribution in [1.82, 2.24) is 9.55 Å². The molecule has 1 saturated carbocycles. The average Bonchev–Trinajstić information content (AvgIpc) is 2.89. The van der Waals surface area contributed by atoms with E-state index in [9.17, 15) is 15.3 Å². The highest BCUT2D eigenvalue weighted by Gasteiger charge is 2.43. The van der Waals surface area contributed by atoms with Gasteiger partial charge >= 0.3 is 0 Å². The van der Waals surface area contributed by atoms with Gasteiger partial charge in [-0.25, -0.2) is 4.98 Å². The van der Waals surface area contributed by atoms with Crippen LogP contribution in [0.25, 0.3) is 11.0 Å². The first-order chi connectivity index (χ1) is 9.93. The number of aromatic nitrogens is 2. The second-order valence-corrected chi connectivity index (χ2v) is 6.39. The molecule has 0 saturated heterocycles. The van der Waals surface area contributed by atoms with Crippen LogP contribution < -0.4 is 0 Å². The van der Waals surface area contributed by atoms with Gasteiger partial charge < -0.3 is 19.9 Å². The number of hydrogen-bond acceptors (Lipinski definition) is 4. The minimum atomic E-state index is -1.04. The van der Waals surface area contributed by atoms with Gasteiger partial charge in [-0.15, -0.1) is 0 Å². The van der Waals surface area contributed by atoms with Crippen molar-refractivity contribution in [2.24, 2.45) is 5.92 Å². The molecule has 1 heterocycles. The summed E-state index contributed by atoms with van der Waals surface area (Å²) in [6, 6.07) is 2.75. The number of aliphatic hydroxyl groups excluding tert-OH is 3. The molecule has 2 aromatic rings. The Labute approximate surface area is 135 Å². The Morgan fingerprint density at radius 3 is 2.43 bits per heavy atom. The van der Waals surface area contributed by atoms with E-state index in [1.54, 1.807) is 16.7 Å². The molecule has 4 atom stereocenters. The second kappa shape index (κ2) is 5.57. The largest absolute Gasteiger partial charge is 0.396 e. The third-order valence-corrected chi connectivity index (χ3v) is 5.01. The minimum Gasteiger partial charge on any atom is -0.396 e. The molecule has 0 amide bonds. The first kappa shape index (κ1) is 15.3. The van der Waals surface area contributed by atoms with E-state index in [-0.39, 0.29) is 11.9 Å². The summed E-state index contributed by atoms with van der Waals surface area (Å²) in [7, 11) is 0. The number of aliphatic hydroxyl groups is 3. The van der Waals surface area contributed by atoms with Gasteiger partial charge in [0, 0.05) is 12.5 Å². The van der Waals surface area contributed by atoms with Crippen molar-refractivity contribution in [1.29, 1.82) is 0 Å². The summed E-state index contributed by atoms with van der Waals surface area (Å²) in [6.07, 6.45) is -1.65. The van der Waals surface area contributed by atoms with E-state index < -0.39 is 24.2 Å². The van der Waals surface area contributed by atoms with Crippen LogP contribution in [0.2, 0.25) is 15.3 Å². The van der Waals surface area contributed by atoms with Crippen molar-refractivity contribution < 1.29 is 15.3 Å². The van der Waals surface area contributed by atoms with Gasteiger partial charge in [0.2, 0.25) is 5.28 Å². The van der Waals surface area contributed by atoms with Gasteiger partial charge in [-0.3, -0.25) is 0 Å². The van der Waals surface area contributed by atoms with E-state index in [0.717, 1.165) is 0 Å². The van der Waals surface area contributed by atoms with Crippen LogP contribution >= 0.6 is 34.8 Å². The van der Waals surface area contributed by atoms with Crippen LogP contribution in [0.15, 0.2) is 12.1 Å². The number of nitrogens with zero attached hydrogens (tertiary/aromatic N) is 2. The third-order valence-electron chi connectivity index (χ3n) is 4.03. The maximum absolute atomic E-state index is 10.2. The van der Waals surface area contributed by atoms with E-state index in [0.29, 0.717) is 27.5 Å². The number of rotatable bonds is 2. The number of halogens is 3. The Morgan fingerprint density at radius 1 is 1.14 bits per heavy atom. The molecule has 21 heavy (non-hydrogen) atoms. The standard InChI is InChI=1S/C13H13Cl3N2O3/c14-6-2-8-9(3-7(6)15)18(13(16)17-8)10-1-5(4-19)11(20)12(10)21/h2-3,5,10-12,19-21H,1,4H2/t5-,10-,11-,12+/m0/s1. The zero-order valence-corrected chi connectivity index (χ0v) is 13.0. The van der Waals surface area contributed by atoms with Gasteiger partial charge in [0.15, 0.2) is 0 Å². The average molecular weight is 352 g/mol. The van der Waals surface area contributed by atoms with Crippen molar-refractivity contribution in [3.05, 3.63) is 27.5 Å². The predicted octanol–water partition coefficient (Wildman–Crippen LogP) is 2.27. The molecule has 1 fully saturated rings. The molecule has 0 aliphatic heterocycles. The Balaban J connectivity index is 2.12. The lowest BCUT2D eigenvalue weighted by molar-refractivity contribution is -0.00362.